The van der Waals surface area contributed by atoms with Crippen LogP contribution < -0.4 is 0 Å². The summed E-state index contributed by atoms with van der Waals surface area (Å²) < 4.78 is 0. The molecule has 2 aliphatic heterocycles. The second-order valence-electron chi connectivity index (χ2n) is 5.35. The van der Waals surface area contributed by atoms with Gasteiger partial charge in [-0.2, -0.15) is 0 Å². The van der Waals surface area contributed by atoms with E-state index in [1.165, 1.54) is 11.5 Å². The van der Waals surface area contributed by atoms with E-state index in [4.69, 9.17) is 0 Å². The summed E-state index contributed by atoms with van der Waals surface area (Å²) in [5.41, 5.74) is 1.41. The standard InChI is InChI=1S/C15H22N4/c1-17-8-7-16-15(17)19-11-9-18(10-12-19)13-14-5-3-2-4-6-14/h2-6H,7-13H2,1H3. The zero-order chi connectivity index (χ0) is 13.1. The molecule has 0 saturated carbocycles. The maximum atomic E-state index is 4.60. The molecule has 0 amide bonds. The summed E-state index contributed by atoms with van der Waals surface area (Å²) in [7, 11) is 2.14. The van der Waals surface area contributed by atoms with Gasteiger partial charge in [0.2, 0.25) is 0 Å². The fourth-order valence-corrected chi connectivity index (χ4v) is 2.81. The molecule has 0 radical (unpaired) electrons. The molecule has 0 N–H and O–H groups in total. The first-order chi connectivity index (χ1) is 9.33. The first kappa shape index (κ1) is 12.5. The third-order valence-corrected chi connectivity index (χ3v) is 3.93. The maximum absolute atomic E-state index is 4.60. The normalized spacial score (nSPS) is 20.8. The number of aliphatic imine (C=N–C) groups is 1. The van der Waals surface area contributed by atoms with Gasteiger partial charge in [0.05, 0.1) is 6.54 Å². The predicted molar refractivity (Wildman–Crippen MR) is 78.2 cm³/mol. The van der Waals surface area contributed by atoms with Crippen LogP contribution in [0, 0.1) is 0 Å². The van der Waals surface area contributed by atoms with Crippen molar-refractivity contribution < 1.29 is 0 Å². The third-order valence-electron chi connectivity index (χ3n) is 3.93. The fraction of sp³-hybridized carbons (Fsp3) is 0.533. The number of benzene rings is 1. The van der Waals surface area contributed by atoms with Crippen LogP contribution in [0.2, 0.25) is 0 Å². The second-order valence-corrected chi connectivity index (χ2v) is 5.35. The topological polar surface area (TPSA) is 22.1 Å². The minimum Gasteiger partial charge on any atom is -0.344 e. The van der Waals surface area contributed by atoms with E-state index in [2.05, 4.69) is 57.1 Å². The van der Waals surface area contributed by atoms with Crippen molar-refractivity contribution in [2.75, 3.05) is 46.3 Å². The predicted octanol–water partition coefficient (Wildman–Crippen LogP) is 1.11. The molecule has 102 valence electrons. The van der Waals surface area contributed by atoms with Crippen LogP contribution in [-0.2, 0) is 6.54 Å². The van der Waals surface area contributed by atoms with Crippen molar-refractivity contribution in [3.63, 3.8) is 0 Å². The average molecular weight is 258 g/mol. The van der Waals surface area contributed by atoms with Gasteiger partial charge in [-0.3, -0.25) is 9.89 Å². The Bertz CT molecular complexity index is 435. The quantitative estimate of drug-likeness (QED) is 0.793. The van der Waals surface area contributed by atoms with E-state index < -0.39 is 0 Å². The molecule has 0 bridgehead atoms. The number of piperazine rings is 1. The Kier molecular flexibility index (Phi) is 3.69. The van der Waals surface area contributed by atoms with Crippen LogP contribution >= 0.6 is 0 Å². The fourth-order valence-electron chi connectivity index (χ4n) is 2.81. The lowest BCUT2D eigenvalue weighted by Crippen LogP contribution is -2.51. The lowest BCUT2D eigenvalue weighted by Gasteiger charge is -2.37. The molecule has 2 heterocycles. The van der Waals surface area contributed by atoms with E-state index in [9.17, 15) is 0 Å². The van der Waals surface area contributed by atoms with Crippen LogP contribution in [-0.4, -0.2) is 67.0 Å². The molecule has 19 heavy (non-hydrogen) atoms. The van der Waals surface area contributed by atoms with Gasteiger partial charge in [-0.25, -0.2) is 0 Å². The number of rotatable bonds is 2. The van der Waals surface area contributed by atoms with Gasteiger partial charge < -0.3 is 9.80 Å². The lowest BCUT2D eigenvalue weighted by atomic mass is 10.2. The molecule has 0 aromatic heterocycles. The Labute approximate surface area is 115 Å². The third kappa shape index (κ3) is 2.89. The Balaban J connectivity index is 1.52. The smallest absolute Gasteiger partial charge is 0.196 e. The van der Waals surface area contributed by atoms with E-state index in [0.29, 0.717) is 0 Å². The number of nitrogens with zero attached hydrogens (tertiary/aromatic N) is 4. The van der Waals surface area contributed by atoms with E-state index >= 15 is 0 Å². The largest absolute Gasteiger partial charge is 0.344 e. The number of hydrogen-bond donors (Lipinski definition) is 0. The van der Waals surface area contributed by atoms with Crippen molar-refractivity contribution in [3.05, 3.63) is 35.9 Å². The molecule has 4 heteroatoms. The van der Waals surface area contributed by atoms with Crippen molar-refractivity contribution in [3.8, 4) is 0 Å². The molecule has 1 aromatic rings. The summed E-state index contributed by atoms with van der Waals surface area (Å²) in [6.07, 6.45) is 0. The maximum Gasteiger partial charge on any atom is 0.196 e. The molecule has 0 spiro atoms. The summed E-state index contributed by atoms with van der Waals surface area (Å²) in [6.45, 7) is 7.53. The number of hydrogen-bond acceptors (Lipinski definition) is 4. The zero-order valence-corrected chi connectivity index (χ0v) is 11.6. The van der Waals surface area contributed by atoms with Gasteiger partial charge in [0.15, 0.2) is 5.96 Å². The summed E-state index contributed by atoms with van der Waals surface area (Å²) in [6, 6.07) is 10.7. The van der Waals surface area contributed by atoms with Crippen molar-refractivity contribution in [1.82, 2.24) is 14.7 Å². The Hall–Kier alpha value is -1.55. The van der Waals surface area contributed by atoms with Crippen molar-refractivity contribution in [2.24, 2.45) is 4.99 Å². The lowest BCUT2D eigenvalue weighted by molar-refractivity contribution is 0.167. The molecule has 1 saturated heterocycles. The summed E-state index contributed by atoms with van der Waals surface area (Å²) >= 11 is 0. The highest BCUT2D eigenvalue weighted by Gasteiger charge is 2.24. The molecule has 0 atom stereocenters. The molecular weight excluding hydrogens is 236 g/mol. The number of likely N-dealkylation sites (N-methyl/N-ethyl adjacent to an activating group) is 1. The Morgan fingerprint density at radius 2 is 1.74 bits per heavy atom. The molecule has 4 nitrogen and oxygen atoms in total. The minimum atomic E-state index is 0.954. The molecule has 1 fully saturated rings. The highest BCUT2D eigenvalue weighted by molar-refractivity contribution is 5.81. The van der Waals surface area contributed by atoms with Crippen LogP contribution in [0.1, 0.15) is 5.56 Å². The van der Waals surface area contributed by atoms with Gasteiger partial charge >= 0.3 is 0 Å². The van der Waals surface area contributed by atoms with Crippen molar-refractivity contribution >= 4 is 5.96 Å². The van der Waals surface area contributed by atoms with E-state index in [0.717, 1.165) is 45.8 Å². The molecular formula is C15H22N4. The monoisotopic (exact) mass is 258 g/mol. The van der Waals surface area contributed by atoms with Crippen molar-refractivity contribution in [1.29, 1.82) is 0 Å². The second kappa shape index (κ2) is 5.61. The molecule has 2 aliphatic rings. The van der Waals surface area contributed by atoms with Crippen LogP contribution in [0.4, 0.5) is 0 Å². The van der Waals surface area contributed by atoms with Crippen LogP contribution in [0.5, 0.6) is 0 Å². The number of guanidine groups is 1. The molecule has 0 aliphatic carbocycles. The average Bonchev–Trinajstić information content (AvgIpc) is 2.87. The van der Waals surface area contributed by atoms with E-state index in [1.807, 2.05) is 0 Å². The van der Waals surface area contributed by atoms with E-state index in [1.54, 1.807) is 0 Å². The van der Waals surface area contributed by atoms with Gasteiger partial charge in [-0.15, -0.1) is 0 Å². The van der Waals surface area contributed by atoms with Crippen LogP contribution in [0.15, 0.2) is 35.3 Å². The SMILES string of the molecule is CN1CCN=C1N1CCN(Cc2ccccc2)CC1. The molecule has 0 unspecified atom stereocenters. The zero-order valence-electron chi connectivity index (χ0n) is 11.6. The molecule has 1 aromatic carbocycles. The minimum absolute atomic E-state index is 0.954. The Morgan fingerprint density at radius 1 is 1.00 bits per heavy atom. The van der Waals surface area contributed by atoms with Crippen LogP contribution in [0.3, 0.4) is 0 Å². The van der Waals surface area contributed by atoms with Gasteiger partial charge in [0.1, 0.15) is 0 Å². The highest BCUT2D eigenvalue weighted by atomic mass is 15.4. The molecule has 3 rings (SSSR count). The van der Waals surface area contributed by atoms with Gasteiger partial charge in [0.25, 0.3) is 0 Å². The first-order valence-corrected chi connectivity index (χ1v) is 7.10. The van der Waals surface area contributed by atoms with Gasteiger partial charge in [0, 0.05) is 46.3 Å². The summed E-state index contributed by atoms with van der Waals surface area (Å²) in [4.78, 5) is 11.8. The van der Waals surface area contributed by atoms with Crippen LogP contribution in [0.25, 0.3) is 0 Å². The highest BCUT2D eigenvalue weighted by Crippen LogP contribution is 2.11. The van der Waals surface area contributed by atoms with Gasteiger partial charge in [-0.05, 0) is 5.56 Å². The Morgan fingerprint density at radius 3 is 2.37 bits per heavy atom. The van der Waals surface area contributed by atoms with E-state index in [-0.39, 0.29) is 0 Å². The summed E-state index contributed by atoms with van der Waals surface area (Å²) in [5.74, 6) is 1.19. The van der Waals surface area contributed by atoms with Crippen molar-refractivity contribution in [2.45, 2.75) is 6.54 Å². The first-order valence-electron chi connectivity index (χ1n) is 7.10. The summed E-state index contributed by atoms with van der Waals surface area (Å²) in [5, 5.41) is 0. The van der Waals surface area contributed by atoms with Gasteiger partial charge in [-0.1, -0.05) is 30.3 Å².